The molecule has 0 saturated heterocycles. The first-order chi connectivity index (χ1) is 8.88. The summed E-state index contributed by atoms with van der Waals surface area (Å²) in [6, 6.07) is 10.3. The number of fused-ring (bicyclic) bond motifs is 1. The Morgan fingerprint density at radius 3 is 2.47 bits per heavy atom. The summed E-state index contributed by atoms with van der Waals surface area (Å²) in [6.45, 7) is 0.116. The van der Waals surface area contributed by atoms with Crippen LogP contribution in [0.1, 0.15) is 18.6 Å². The quantitative estimate of drug-likeness (QED) is 0.918. The molecule has 1 atom stereocenters. The molecular formula is C14H13F3O2. The fourth-order valence-corrected chi connectivity index (χ4v) is 1.90. The van der Waals surface area contributed by atoms with Gasteiger partial charge in [0.25, 0.3) is 0 Å². The first-order valence-electron chi connectivity index (χ1n) is 5.78. The zero-order valence-electron chi connectivity index (χ0n) is 10.2. The molecule has 0 aliphatic heterocycles. The number of ether oxygens (including phenoxy) is 1. The third-order valence-corrected chi connectivity index (χ3v) is 2.74. The van der Waals surface area contributed by atoms with E-state index in [0.717, 1.165) is 5.39 Å². The summed E-state index contributed by atoms with van der Waals surface area (Å²) in [6.07, 6.45) is -5.31. The van der Waals surface area contributed by atoms with Crippen molar-refractivity contribution in [1.82, 2.24) is 0 Å². The fraction of sp³-hybridized carbons (Fsp3) is 0.286. The van der Waals surface area contributed by atoms with Crippen LogP contribution >= 0.6 is 0 Å². The van der Waals surface area contributed by atoms with Crippen LogP contribution in [0.5, 0.6) is 5.75 Å². The number of hydrogen-bond donors (Lipinski definition) is 1. The summed E-state index contributed by atoms with van der Waals surface area (Å²) in [5.74, 6) is 0.0884. The van der Waals surface area contributed by atoms with Gasteiger partial charge in [-0.05, 0) is 12.3 Å². The van der Waals surface area contributed by atoms with Crippen molar-refractivity contribution in [3.63, 3.8) is 0 Å². The summed E-state index contributed by atoms with van der Waals surface area (Å²) in [5, 5.41) is 11.0. The lowest BCUT2D eigenvalue weighted by molar-refractivity contribution is -0.153. The Labute approximate surface area is 108 Å². The van der Waals surface area contributed by atoms with Gasteiger partial charge in [0, 0.05) is 10.9 Å². The maximum atomic E-state index is 12.3. The molecule has 0 amide bonds. The van der Waals surface area contributed by atoms with Crippen molar-refractivity contribution in [2.24, 2.45) is 0 Å². The molecule has 0 fully saturated rings. The van der Waals surface area contributed by atoms with Crippen LogP contribution in [0.4, 0.5) is 13.2 Å². The number of aliphatic hydroxyl groups excluding tert-OH is 1. The van der Waals surface area contributed by atoms with Gasteiger partial charge in [0.2, 0.25) is 0 Å². The van der Waals surface area contributed by atoms with E-state index in [0.29, 0.717) is 10.9 Å². The average Bonchev–Trinajstić information content (AvgIpc) is 2.34. The molecule has 0 heterocycles. The zero-order chi connectivity index (χ0) is 14.0. The molecule has 2 aromatic carbocycles. The van der Waals surface area contributed by atoms with Gasteiger partial charge in [-0.1, -0.05) is 36.4 Å². The van der Waals surface area contributed by atoms with Crippen molar-refractivity contribution in [3.8, 4) is 5.75 Å². The van der Waals surface area contributed by atoms with Gasteiger partial charge in [0.05, 0.1) is 6.10 Å². The number of aliphatic hydroxyl groups is 1. The van der Waals surface area contributed by atoms with Gasteiger partial charge in [0.1, 0.15) is 5.75 Å². The monoisotopic (exact) mass is 270 g/mol. The molecule has 0 saturated carbocycles. The molecule has 0 aliphatic rings. The molecular weight excluding hydrogens is 257 g/mol. The highest BCUT2D eigenvalue weighted by molar-refractivity contribution is 5.89. The Morgan fingerprint density at radius 1 is 1.16 bits per heavy atom. The van der Waals surface area contributed by atoms with Gasteiger partial charge < -0.3 is 9.84 Å². The van der Waals surface area contributed by atoms with Crippen molar-refractivity contribution in [1.29, 1.82) is 0 Å². The summed E-state index contributed by atoms with van der Waals surface area (Å²) in [7, 11) is 0. The van der Waals surface area contributed by atoms with Gasteiger partial charge in [-0.15, -0.1) is 0 Å². The highest BCUT2D eigenvalue weighted by Crippen LogP contribution is 2.34. The Morgan fingerprint density at radius 2 is 1.84 bits per heavy atom. The van der Waals surface area contributed by atoms with Crippen LogP contribution in [0.3, 0.4) is 0 Å². The van der Waals surface area contributed by atoms with Crippen LogP contribution in [-0.4, -0.2) is 17.9 Å². The molecule has 0 bridgehead atoms. The second-order valence-electron chi connectivity index (χ2n) is 4.28. The third-order valence-electron chi connectivity index (χ3n) is 2.74. The lowest BCUT2D eigenvalue weighted by Gasteiger charge is -2.17. The number of benzene rings is 2. The Kier molecular flexibility index (Phi) is 3.66. The smallest absolute Gasteiger partial charge is 0.422 e. The summed E-state index contributed by atoms with van der Waals surface area (Å²) in [4.78, 5) is 0. The van der Waals surface area contributed by atoms with Crippen molar-refractivity contribution in [2.45, 2.75) is 19.2 Å². The maximum absolute atomic E-state index is 12.3. The first kappa shape index (κ1) is 13.7. The molecule has 5 heteroatoms. The predicted molar refractivity (Wildman–Crippen MR) is 66.1 cm³/mol. The van der Waals surface area contributed by atoms with Crippen LogP contribution in [0, 0.1) is 0 Å². The number of hydrogen-bond acceptors (Lipinski definition) is 2. The molecule has 0 unspecified atom stereocenters. The molecule has 0 aromatic heterocycles. The molecule has 0 aliphatic carbocycles. The van der Waals surface area contributed by atoms with Gasteiger partial charge in [-0.2, -0.15) is 13.2 Å². The minimum Gasteiger partial charge on any atom is -0.483 e. The molecule has 19 heavy (non-hydrogen) atoms. The molecule has 1 N–H and O–H groups in total. The van der Waals surface area contributed by atoms with Crippen molar-refractivity contribution in [3.05, 3.63) is 42.0 Å². The van der Waals surface area contributed by atoms with Crippen molar-refractivity contribution in [2.75, 3.05) is 6.61 Å². The molecule has 102 valence electrons. The highest BCUT2D eigenvalue weighted by Gasteiger charge is 2.29. The summed E-state index contributed by atoms with van der Waals surface area (Å²) < 4.78 is 41.8. The van der Waals surface area contributed by atoms with E-state index in [1.165, 1.54) is 6.92 Å². The minimum atomic E-state index is -4.41. The van der Waals surface area contributed by atoms with Crippen LogP contribution in [0.2, 0.25) is 0 Å². The van der Waals surface area contributed by atoms with E-state index in [2.05, 4.69) is 0 Å². The second-order valence-corrected chi connectivity index (χ2v) is 4.28. The Bertz CT molecular complexity index is 576. The van der Waals surface area contributed by atoms with E-state index in [1.54, 1.807) is 36.4 Å². The number of rotatable bonds is 3. The van der Waals surface area contributed by atoms with Crippen LogP contribution < -0.4 is 4.74 Å². The van der Waals surface area contributed by atoms with Gasteiger partial charge in [-0.25, -0.2) is 0 Å². The van der Waals surface area contributed by atoms with Crippen LogP contribution in [0.25, 0.3) is 10.8 Å². The highest BCUT2D eigenvalue weighted by atomic mass is 19.4. The largest absolute Gasteiger partial charge is 0.483 e. The van der Waals surface area contributed by atoms with E-state index in [4.69, 9.17) is 4.74 Å². The topological polar surface area (TPSA) is 29.5 Å². The third kappa shape index (κ3) is 3.17. The van der Waals surface area contributed by atoms with E-state index >= 15 is 0 Å². The maximum Gasteiger partial charge on any atom is 0.422 e. The fourth-order valence-electron chi connectivity index (χ4n) is 1.90. The zero-order valence-corrected chi connectivity index (χ0v) is 10.2. The van der Waals surface area contributed by atoms with E-state index < -0.39 is 18.9 Å². The first-order valence-corrected chi connectivity index (χ1v) is 5.78. The van der Waals surface area contributed by atoms with Gasteiger partial charge in [0.15, 0.2) is 6.61 Å². The number of alkyl halides is 3. The van der Waals surface area contributed by atoms with Crippen molar-refractivity contribution >= 4 is 10.8 Å². The number of halogens is 3. The molecule has 0 radical (unpaired) electrons. The van der Waals surface area contributed by atoms with Crippen molar-refractivity contribution < 1.29 is 23.0 Å². The second kappa shape index (κ2) is 5.09. The van der Waals surface area contributed by atoms with E-state index in [1.807, 2.05) is 0 Å². The molecule has 0 spiro atoms. The molecule has 2 rings (SSSR count). The standard InChI is InChI=1S/C14H13F3O2/c1-9(18)11-7-6-10-4-2-3-5-12(10)13(11)19-8-14(15,16)17/h2-7,9,18H,8H2,1H3/t9-/m1/s1. The Balaban J connectivity index is 2.50. The van der Waals surface area contributed by atoms with Crippen LogP contribution in [0.15, 0.2) is 36.4 Å². The van der Waals surface area contributed by atoms with E-state index in [9.17, 15) is 18.3 Å². The van der Waals surface area contributed by atoms with E-state index in [-0.39, 0.29) is 5.75 Å². The van der Waals surface area contributed by atoms with Crippen LogP contribution in [-0.2, 0) is 0 Å². The average molecular weight is 270 g/mol. The Hall–Kier alpha value is -1.75. The normalized spacial score (nSPS) is 13.5. The predicted octanol–water partition coefficient (Wildman–Crippen LogP) is 3.83. The SMILES string of the molecule is C[C@@H](O)c1ccc2ccccc2c1OCC(F)(F)F. The van der Waals surface area contributed by atoms with Gasteiger partial charge >= 0.3 is 6.18 Å². The molecule has 2 nitrogen and oxygen atoms in total. The summed E-state index contributed by atoms with van der Waals surface area (Å²) in [5.41, 5.74) is 0.350. The lowest BCUT2D eigenvalue weighted by Crippen LogP contribution is -2.20. The molecule has 2 aromatic rings. The van der Waals surface area contributed by atoms with Gasteiger partial charge in [-0.3, -0.25) is 0 Å². The summed E-state index contributed by atoms with van der Waals surface area (Å²) >= 11 is 0. The minimum absolute atomic E-state index is 0.0884. The lowest BCUT2D eigenvalue weighted by atomic mass is 10.0.